The monoisotopic (exact) mass is 259 g/mol. The summed E-state index contributed by atoms with van der Waals surface area (Å²) < 4.78 is 0. The van der Waals surface area contributed by atoms with E-state index in [-0.39, 0.29) is 6.04 Å². The van der Waals surface area contributed by atoms with Crippen molar-refractivity contribution in [1.82, 2.24) is 4.98 Å². The van der Waals surface area contributed by atoms with Gasteiger partial charge in [0.05, 0.1) is 6.04 Å². The van der Waals surface area contributed by atoms with Gasteiger partial charge in [0.15, 0.2) is 0 Å². The van der Waals surface area contributed by atoms with Gasteiger partial charge in [-0.25, -0.2) is 4.98 Å². The van der Waals surface area contributed by atoms with Gasteiger partial charge in [0, 0.05) is 16.7 Å². The zero-order valence-corrected chi connectivity index (χ0v) is 11.4. The molecule has 4 heteroatoms. The maximum Gasteiger partial charge on any atom is 0.128 e. The maximum absolute atomic E-state index is 6.25. The highest BCUT2D eigenvalue weighted by molar-refractivity contribution is 7.98. The van der Waals surface area contributed by atoms with Crippen LogP contribution in [-0.4, -0.2) is 11.2 Å². The molecule has 1 aromatic carbocycles. The topological polar surface area (TPSA) is 64.9 Å². The smallest absolute Gasteiger partial charge is 0.128 e. The molecule has 0 amide bonds. The lowest BCUT2D eigenvalue weighted by atomic mass is 9.99. The number of aromatic nitrogens is 1. The highest BCUT2D eigenvalue weighted by Gasteiger charge is 2.13. The largest absolute Gasteiger partial charge is 0.383 e. The first kappa shape index (κ1) is 12.9. The van der Waals surface area contributed by atoms with Crippen LogP contribution in [0.15, 0.2) is 41.4 Å². The van der Waals surface area contributed by atoms with Gasteiger partial charge in [0.1, 0.15) is 5.82 Å². The van der Waals surface area contributed by atoms with Crippen molar-refractivity contribution in [3.05, 3.63) is 53.2 Å². The number of nitrogens with two attached hydrogens (primary N) is 2. The van der Waals surface area contributed by atoms with Crippen molar-refractivity contribution in [2.24, 2.45) is 5.73 Å². The molecule has 4 N–H and O–H groups in total. The quantitative estimate of drug-likeness (QED) is 0.832. The van der Waals surface area contributed by atoms with Gasteiger partial charge < -0.3 is 11.5 Å². The number of nitrogens with zero attached hydrogens (tertiary/aromatic N) is 1. The molecule has 0 bridgehead atoms. The molecule has 0 spiro atoms. The summed E-state index contributed by atoms with van der Waals surface area (Å²) in [6, 6.07) is 9.98. The third-order valence-corrected chi connectivity index (χ3v) is 3.64. The van der Waals surface area contributed by atoms with E-state index in [0.717, 1.165) is 16.7 Å². The van der Waals surface area contributed by atoms with Crippen LogP contribution in [0.1, 0.15) is 22.7 Å². The van der Waals surface area contributed by atoms with E-state index in [1.807, 2.05) is 25.1 Å². The van der Waals surface area contributed by atoms with Gasteiger partial charge >= 0.3 is 0 Å². The van der Waals surface area contributed by atoms with Gasteiger partial charge in [-0.05, 0) is 42.5 Å². The van der Waals surface area contributed by atoms with Crippen molar-refractivity contribution in [3.63, 3.8) is 0 Å². The van der Waals surface area contributed by atoms with Crippen molar-refractivity contribution in [2.75, 3.05) is 12.0 Å². The van der Waals surface area contributed by atoms with Gasteiger partial charge in [-0.3, -0.25) is 0 Å². The van der Waals surface area contributed by atoms with E-state index in [1.54, 1.807) is 18.0 Å². The standard InChI is InChI=1S/C14H17N3S/c1-9-7-12(14(16)17-8-9)13(15)10-3-5-11(18-2)6-4-10/h3-8,13H,15H2,1-2H3,(H2,16,17). The summed E-state index contributed by atoms with van der Waals surface area (Å²) in [5.74, 6) is 0.502. The Labute approximate surface area is 112 Å². The molecule has 1 aromatic heterocycles. The third kappa shape index (κ3) is 2.66. The lowest BCUT2D eigenvalue weighted by Crippen LogP contribution is -2.14. The molecule has 3 nitrogen and oxygen atoms in total. The fourth-order valence-corrected chi connectivity index (χ4v) is 2.25. The first-order chi connectivity index (χ1) is 8.61. The van der Waals surface area contributed by atoms with Crippen molar-refractivity contribution in [2.45, 2.75) is 17.9 Å². The zero-order valence-electron chi connectivity index (χ0n) is 10.6. The number of nitrogen functional groups attached to an aromatic ring is 1. The molecule has 0 aliphatic heterocycles. The predicted octanol–water partition coefficient (Wildman–Crippen LogP) is 2.74. The average molecular weight is 259 g/mol. The average Bonchev–Trinajstić information content (AvgIpc) is 2.41. The Morgan fingerprint density at radius 1 is 1.22 bits per heavy atom. The molecule has 1 heterocycles. The molecule has 94 valence electrons. The number of hydrogen-bond acceptors (Lipinski definition) is 4. The normalized spacial score (nSPS) is 12.4. The highest BCUT2D eigenvalue weighted by Crippen LogP contribution is 2.25. The molecule has 0 aliphatic rings. The van der Waals surface area contributed by atoms with E-state index in [0.29, 0.717) is 5.82 Å². The Balaban J connectivity index is 2.34. The number of hydrogen-bond donors (Lipinski definition) is 2. The van der Waals surface area contributed by atoms with Crippen molar-refractivity contribution >= 4 is 17.6 Å². The number of thioether (sulfide) groups is 1. The first-order valence-electron chi connectivity index (χ1n) is 5.73. The Hall–Kier alpha value is -1.52. The first-order valence-corrected chi connectivity index (χ1v) is 6.96. The second kappa shape index (κ2) is 5.42. The van der Waals surface area contributed by atoms with Crippen molar-refractivity contribution < 1.29 is 0 Å². The van der Waals surface area contributed by atoms with Crippen LogP contribution in [0.4, 0.5) is 5.82 Å². The van der Waals surface area contributed by atoms with Crippen LogP contribution >= 0.6 is 11.8 Å². The molecule has 0 saturated heterocycles. The fourth-order valence-electron chi connectivity index (χ4n) is 1.84. The molecule has 1 atom stereocenters. The molecular formula is C14H17N3S. The fraction of sp³-hybridized carbons (Fsp3) is 0.214. The van der Waals surface area contributed by atoms with Gasteiger partial charge in [-0.2, -0.15) is 0 Å². The van der Waals surface area contributed by atoms with Gasteiger partial charge in [-0.15, -0.1) is 11.8 Å². The Morgan fingerprint density at radius 2 is 1.89 bits per heavy atom. The van der Waals surface area contributed by atoms with Crippen LogP contribution in [0, 0.1) is 6.92 Å². The molecule has 2 aromatic rings. The van der Waals surface area contributed by atoms with Crippen LogP contribution in [0.25, 0.3) is 0 Å². The SMILES string of the molecule is CSc1ccc(C(N)c2cc(C)cnc2N)cc1. The van der Waals surface area contributed by atoms with Crippen LogP contribution in [0.5, 0.6) is 0 Å². The highest BCUT2D eigenvalue weighted by atomic mass is 32.2. The molecule has 18 heavy (non-hydrogen) atoms. The second-order valence-electron chi connectivity index (χ2n) is 4.24. The minimum atomic E-state index is -0.228. The summed E-state index contributed by atoms with van der Waals surface area (Å²) in [5, 5.41) is 0. The zero-order chi connectivity index (χ0) is 13.1. The Bertz CT molecular complexity index is 537. The van der Waals surface area contributed by atoms with E-state index >= 15 is 0 Å². The minimum absolute atomic E-state index is 0.228. The van der Waals surface area contributed by atoms with Gasteiger partial charge in [0.25, 0.3) is 0 Å². The number of anilines is 1. The number of pyridine rings is 1. The summed E-state index contributed by atoms with van der Waals surface area (Å²) in [7, 11) is 0. The minimum Gasteiger partial charge on any atom is -0.383 e. The Morgan fingerprint density at radius 3 is 2.50 bits per heavy atom. The lowest BCUT2D eigenvalue weighted by Gasteiger charge is -2.15. The second-order valence-corrected chi connectivity index (χ2v) is 5.12. The third-order valence-electron chi connectivity index (χ3n) is 2.90. The van der Waals surface area contributed by atoms with E-state index < -0.39 is 0 Å². The molecule has 0 saturated carbocycles. The Kier molecular flexibility index (Phi) is 3.89. The van der Waals surface area contributed by atoms with Crippen molar-refractivity contribution in [1.29, 1.82) is 0 Å². The molecule has 2 rings (SSSR count). The van der Waals surface area contributed by atoms with Crippen molar-refractivity contribution in [3.8, 4) is 0 Å². The summed E-state index contributed by atoms with van der Waals surface area (Å²) in [4.78, 5) is 5.38. The molecule has 0 fully saturated rings. The number of aryl methyl sites for hydroxylation is 1. The van der Waals surface area contributed by atoms with E-state index in [1.165, 1.54) is 4.90 Å². The van der Waals surface area contributed by atoms with E-state index in [2.05, 4.69) is 23.4 Å². The summed E-state index contributed by atoms with van der Waals surface area (Å²) >= 11 is 1.71. The maximum atomic E-state index is 6.25. The summed E-state index contributed by atoms with van der Waals surface area (Å²) in [6.45, 7) is 1.99. The van der Waals surface area contributed by atoms with Gasteiger partial charge in [-0.1, -0.05) is 12.1 Å². The molecule has 0 radical (unpaired) electrons. The number of rotatable bonds is 3. The summed E-state index contributed by atoms with van der Waals surface area (Å²) in [6.07, 6.45) is 3.81. The van der Waals surface area contributed by atoms with Crippen LogP contribution in [0.3, 0.4) is 0 Å². The van der Waals surface area contributed by atoms with Crippen LogP contribution < -0.4 is 11.5 Å². The molecule has 1 unspecified atom stereocenters. The number of benzene rings is 1. The van der Waals surface area contributed by atoms with Gasteiger partial charge in [0.2, 0.25) is 0 Å². The van der Waals surface area contributed by atoms with Crippen LogP contribution in [-0.2, 0) is 0 Å². The van der Waals surface area contributed by atoms with E-state index in [4.69, 9.17) is 11.5 Å². The van der Waals surface area contributed by atoms with Crippen LogP contribution in [0.2, 0.25) is 0 Å². The lowest BCUT2D eigenvalue weighted by molar-refractivity contribution is 0.863. The summed E-state index contributed by atoms with van der Waals surface area (Å²) in [5.41, 5.74) is 15.1. The molecular weight excluding hydrogens is 242 g/mol. The predicted molar refractivity (Wildman–Crippen MR) is 77.6 cm³/mol. The molecule has 0 aliphatic carbocycles. The van der Waals surface area contributed by atoms with E-state index in [9.17, 15) is 0 Å².